The maximum Gasteiger partial charge on any atom is 0.223 e. The highest BCUT2D eigenvalue weighted by Gasteiger charge is 2.27. The van der Waals surface area contributed by atoms with Crippen molar-refractivity contribution in [3.63, 3.8) is 0 Å². The summed E-state index contributed by atoms with van der Waals surface area (Å²) in [4.78, 5) is 14.5. The van der Waals surface area contributed by atoms with E-state index in [1.165, 1.54) is 0 Å². The van der Waals surface area contributed by atoms with Gasteiger partial charge >= 0.3 is 0 Å². The Morgan fingerprint density at radius 1 is 1.30 bits per heavy atom. The van der Waals surface area contributed by atoms with E-state index in [4.69, 9.17) is 11.6 Å². The molecule has 0 atom stereocenters. The Morgan fingerprint density at radius 3 is 2.50 bits per heavy atom. The van der Waals surface area contributed by atoms with Crippen molar-refractivity contribution in [3.8, 4) is 0 Å². The Kier molecular flexibility index (Phi) is 4.59. The van der Waals surface area contributed by atoms with Gasteiger partial charge in [-0.05, 0) is 51.8 Å². The molecule has 0 aromatic heterocycles. The van der Waals surface area contributed by atoms with E-state index in [-0.39, 0.29) is 17.4 Å². The lowest BCUT2D eigenvalue weighted by molar-refractivity contribution is -0.127. The predicted molar refractivity (Wildman–Crippen MR) is 84.3 cm³/mol. The van der Waals surface area contributed by atoms with Crippen molar-refractivity contribution in [2.24, 2.45) is 5.92 Å². The summed E-state index contributed by atoms with van der Waals surface area (Å²) in [5, 5.41) is 3.83. The fourth-order valence-electron chi connectivity index (χ4n) is 2.54. The third kappa shape index (κ3) is 4.14. The summed E-state index contributed by atoms with van der Waals surface area (Å²) in [7, 11) is 0. The lowest BCUT2D eigenvalue weighted by atomic mass is 9.94. The first-order chi connectivity index (χ1) is 9.35. The molecular formula is C16H23ClN2O. The van der Waals surface area contributed by atoms with Crippen LogP contribution in [0.4, 0.5) is 5.69 Å². The Balaban J connectivity index is 1.91. The number of piperidine rings is 1. The molecule has 1 heterocycles. The first-order valence-corrected chi connectivity index (χ1v) is 7.55. The van der Waals surface area contributed by atoms with Crippen LogP contribution >= 0.6 is 11.6 Å². The molecule has 3 nitrogen and oxygen atoms in total. The molecule has 1 N–H and O–H groups in total. The largest absolute Gasteiger partial charge is 0.371 e. The smallest absolute Gasteiger partial charge is 0.223 e. The van der Waals surface area contributed by atoms with Crippen LogP contribution in [-0.2, 0) is 4.79 Å². The molecule has 0 aliphatic carbocycles. The molecule has 1 aromatic rings. The van der Waals surface area contributed by atoms with Crippen molar-refractivity contribution in [1.29, 1.82) is 0 Å². The minimum atomic E-state index is -0.152. The number of halogens is 1. The van der Waals surface area contributed by atoms with Gasteiger partial charge in [-0.25, -0.2) is 0 Å². The number of benzene rings is 1. The van der Waals surface area contributed by atoms with Gasteiger partial charge in [0, 0.05) is 35.3 Å². The van der Waals surface area contributed by atoms with Gasteiger partial charge in [-0.2, -0.15) is 0 Å². The Morgan fingerprint density at radius 2 is 1.95 bits per heavy atom. The van der Waals surface area contributed by atoms with Crippen LogP contribution in [0.1, 0.15) is 33.6 Å². The summed E-state index contributed by atoms with van der Waals surface area (Å²) in [5.41, 5.74) is 0.994. The molecule has 0 unspecified atom stereocenters. The Labute approximate surface area is 126 Å². The molecule has 2 rings (SSSR count). The normalized spacial score (nSPS) is 17.1. The van der Waals surface area contributed by atoms with Crippen LogP contribution in [0, 0.1) is 5.92 Å². The molecule has 1 saturated heterocycles. The van der Waals surface area contributed by atoms with Crippen LogP contribution in [0.15, 0.2) is 24.3 Å². The molecular weight excluding hydrogens is 272 g/mol. The molecule has 0 radical (unpaired) electrons. The maximum atomic E-state index is 12.2. The van der Waals surface area contributed by atoms with Crippen LogP contribution in [0.5, 0.6) is 0 Å². The molecule has 1 amide bonds. The maximum absolute atomic E-state index is 12.2. The quantitative estimate of drug-likeness (QED) is 0.906. The average Bonchev–Trinajstić information content (AvgIpc) is 2.37. The standard InChI is InChI=1S/C16H23ClN2O/c1-16(2,3)18-15(20)12-7-9-19(10-8-12)14-6-4-5-13(17)11-14/h4-6,11-12H,7-10H2,1-3H3,(H,18,20). The molecule has 4 heteroatoms. The number of nitrogens with one attached hydrogen (secondary N) is 1. The van der Waals surface area contributed by atoms with Crippen molar-refractivity contribution < 1.29 is 4.79 Å². The number of hydrogen-bond donors (Lipinski definition) is 1. The third-order valence-corrected chi connectivity index (χ3v) is 3.77. The monoisotopic (exact) mass is 294 g/mol. The number of anilines is 1. The molecule has 0 saturated carbocycles. The van der Waals surface area contributed by atoms with Crippen molar-refractivity contribution >= 4 is 23.2 Å². The zero-order valence-electron chi connectivity index (χ0n) is 12.4. The first-order valence-electron chi connectivity index (χ1n) is 7.18. The number of nitrogens with zero attached hydrogens (tertiary/aromatic N) is 1. The van der Waals surface area contributed by atoms with Gasteiger partial charge in [-0.1, -0.05) is 17.7 Å². The zero-order valence-corrected chi connectivity index (χ0v) is 13.2. The van der Waals surface area contributed by atoms with E-state index in [0.717, 1.165) is 36.6 Å². The molecule has 1 fully saturated rings. The number of carbonyl (C=O) groups is 1. The van der Waals surface area contributed by atoms with Crippen LogP contribution in [0.25, 0.3) is 0 Å². The highest BCUT2D eigenvalue weighted by molar-refractivity contribution is 6.30. The van der Waals surface area contributed by atoms with Gasteiger partial charge in [0.2, 0.25) is 5.91 Å². The lowest BCUT2D eigenvalue weighted by Crippen LogP contribution is -2.47. The van der Waals surface area contributed by atoms with Crippen molar-refractivity contribution in [1.82, 2.24) is 5.32 Å². The zero-order chi connectivity index (χ0) is 14.8. The van der Waals surface area contributed by atoms with Gasteiger partial charge in [-0.15, -0.1) is 0 Å². The second-order valence-corrected chi connectivity index (χ2v) is 6.92. The second kappa shape index (κ2) is 6.04. The highest BCUT2D eigenvalue weighted by atomic mass is 35.5. The van der Waals surface area contributed by atoms with Gasteiger partial charge in [-0.3, -0.25) is 4.79 Å². The van der Waals surface area contributed by atoms with Crippen molar-refractivity contribution in [2.75, 3.05) is 18.0 Å². The molecule has 20 heavy (non-hydrogen) atoms. The Hall–Kier alpha value is -1.22. The number of carbonyl (C=O) groups excluding carboxylic acids is 1. The summed E-state index contributed by atoms with van der Waals surface area (Å²) in [6.45, 7) is 7.87. The van der Waals surface area contributed by atoms with Crippen LogP contribution in [-0.4, -0.2) is 24.5 Å². The third-order valence-electron chi connectivity index (χ3n) is 3.54. The van der Waals surface area contributed by atoms with Crippen molar-refractivity contribution in [2.45, 2.75) is 39.2 Å². The van der Waals surface area contributed by atoms with Gasteiger partial charge in [0.1, 0.15) is 0 Å². The van der Waals surface area contributed by atoms with E-state index < -0.39 is 0 Å². The van der Waals surface area contributed by atoms with Crippen LogP contribution in [0.2, 0.25) is 5.02 Å². The molecule has 1 aromatic carbocycles. The Bertz CT molecular complexity index is 474. The first kappa shape index (κ1) is 15.2. The summed E-state index contributed by atoms with van der Waals surface area (Å²) >= 11 is 6.03. The molecule has 0 bridgehead atoms. The molecule has 110 valence electrons. The number of amides is 1. The van der Waals surface area contributed by atoms with E-state index >= 15 is 0 Å². The van der Waals surface area contributed by atoms with Gasteiger partial charge in [0.15, 0.2) is 0 Å². The minimum Gasteiger partial charge on any atom is -0.371 e. The summed E-state index contributed by atoms with van der Waals surface area (Å²) < 4.78 is 0. The van der Waals surface area contributed by atoms with Crippen LogP contribution in [0.3, 0.4) is 0 Å². The van der Waals surface area contributed by atoms with Crippen molar-refractivity contribution in [3.05, 3.63) is 29.3 Å². The van der Waals surface area contributed by atoms with Crippen LogP contribution < -0.4 is 10.2 Å². The van der Waals surface area contributed by atoms with Gasteiger partial charge < -0.3 is 10.2 Å². The van der Waals surface area contributed by atoms with E-state index in [2.05, 4.69) is 16.3 Å². The highest BCUT2D eigenvalue weighted by Crippen LogP contribution is 2.25. The fourth-order valence-corrected chi connectivity index (χ4v) is 2.73. The van der Waals surface area contributed by atoms with E-state index in [1.54, 1.807) is 0 Å². The fraction of sp³-hybridized carbons (Fsp3) is 0.562. The molecule has 1 aliphatic heterocycles. The van der Waals surface area contributed by atoms with Gasteiger partial charge in [0.25, 0.3) is 0 Å². The van der Waals surface area contributed by atoms with E-state index in [1.807, 2.05) is 39.0 Å². The molecule has 1 aliphatic rings. The SMILES string of the molecule is CC(C)(C)NC(=O)C1CCN(c2cccc(Cl)c2)CC1. The average molecular weight is 295 g/mol. The minimum absolute atomic E-state index is 0.129. The van der Waals surface area contributed by atoms with Gasteiger partial charge in [0.05, 0.1) is 0 Å². The second-order valence-electron chi connectivity index (χ2n) is 6.48. The predicted octanol–water partition coefficient (Wildman–Crippen LogP) is 3.47. The molecule has 0 spiro atoms. The summed E-state index contributed by atoms with van der Waals surface area (Å²) in [6.07, 6.45) is 1.79. The lowest BCUT2D eigenvalue weighted by Gasteiger charge is -2.34. The number of hydrogen-bond acceptors (Lipinski definition) is 2. The van der Waals surface area contributed by atoms with E-state index in [9.17, 15) is 4.79 Å². The summed E-state index contributed by atoms with van der Waals surface area (Å²) in [6, 6.07) is 7.91. The van der Waals surface area contributed by atoms with E-state index in [0.29, 0.717) is 0 Å². The number of rotatable bonds is 2. The summed E-state index contributed by atoms with van der Waals surface area (Å²) in [5.74, 6) is 0.313. The topological polar surface area (TPSA) is 32.3 Å².